The van der Waals surface area contributed by atoms with E-state index in [4.69, 9.17) is 4.42 Å². The van der Waals surface area contributed by atoms with E-state index in [1.807, 2.05) is 31.2 Å². The van der Waals surface area contributed by atoms with Crippen LogP contribution in [0.1, 0.15) is 5.76 Å². The van der Waals surface area contributed by atoms with Crippen LogP contribution in [0.2, 0.25) is 0 Å². The van der Waals surface area contributed by atoms with Crippen LogP contribution in [0.5, 0.6) is 0 Å². The molecule has 49 valence electrons. The molecular weight excluding hydrogens is 124 g/mol. The standard InChI is InChI=1S/C9H7O/c1-7-6-8-4-2-3-5-9(8)10-7/h2-4,6H,1H3. The SMILES string of the molecule is Cc1cc2ccc[c]c2o1. The summed E-state index contributed by atoms with van der Waals surface area (Å²) in [5.41, 5.74) is 0.847. The molecule has 0 aliphatic rings. The van der Waals surface area contributed by atoms with E-state index in [-0.39, 0.29) is 0 Å². The summed E-state index contributed by atoms with van der Waals surface area (Å²) < 4.78 is 5.31. The van der Waals surface area contributed by atoms with Crippen molar-refractivity contribution in [3.63, 3.8) is 0 Å². The van der Waals surface area contributed by atoms with E-state index in [9.17, 15) is 0 Å². The third-order valence-electron chi connectivity index (χ3n) is 1.47. The average Bonchev–Trinajstić information content (AvgIpc) is 2.27. The van der Waals surface area contributed by atoms with Gasteiger partial charge in [-0.15, -0.1) is 0 Å². The average molecular weight is 131 g/mol. The van der Waals surface area contributed by atoms with Crippen molar-refractivity contribution < 1.29 is 4.42 Å². The molecule has 0 saturated carbocycles. The van der Waals surface area contributed by atoms with Crippen LogP contribution in [0.3, 0.4) is 0 Å². The highest BCUT2D eigenvalue weighted by molar-refractivity contribution is 5.76. The second-order valence-electron chi connectivity index (χ2n) is 2.31. The van der Waals surface area contributed by atoms with Crippen molar-refractivity contribution in [1.82, 2.24) is 0 Å². The lowest BCUT2D eigenvalue weighted by molar-refractivity contribution is 0.578. The van der Waals surface area contributed by atoms with Crippen molar-refractivity contribution in [2.75, 3.05) is 0 Å². The minimum Gasteiger partial charge on any atom is -0.461 e. The summed E-state index contributed by atoms with van der Waals surface area (Å²) in [7, 11) is 0. The Morgan fingerprint density at radius 2 is 2.40 bits per heavy atom. The van der Waals surface area contributed by atoms with Crippen molar-refractivity contribution in [3.8, 4) is 0 Å². The molecule has 2 rings (SSSR count). The van der Waals surface area contributed by atoms with E-state index in [1.165, 1.54) is 0 Å². The van der Waals surface area contributed by atoms with Crippen LogP contribution in [0.15, 0.2) is 28.7 Å². The Kier molecular flexibility index (Phi) is 1.04. The van der Waals surface area contributed by atoms with Gasteiger partial charge in [0, 0.05) is 11.5 Å². The van der Waals surface area contributed by atoms with Crippen LogP contribution < -0.4 is 0 Å². The molecular formula is C9H7O. The highest BCUT2D eigenvalue weighted by atomic mass is 16.3. The van der Waals surface area contributed by atoms with Gasteiger partial charge in [-0.25, -0.2) is 0 Å². The molecule has 0 spiro atoms. The van der Waals surface area contributed by atoms with Gasteiger partial charge < -0.3 is 4.42 Å². The number of hydrogen-bond acceptors (Lipinski definition) is 1. The Labute approximate surface area is 59.3 Å². The summed E-state index contributed by atoms with van der Waals surface area (Å²) in [6, 6.07) is 10.8. The molecule has 1 nitrogen and oxygen atoms in total. The van der Waals surface area contributed by atoms with Crippen molar-refractivity contribution >= 4 is 11.0 Å². The van der Waals surface area contributed by atoms with Crippen LogP contribution in [0.4, 0.5) is 0 Å². The van der Waals surface area contributed by atoms with Gasteiger partial charge in [-0.1, -0.05) is 18.2 Å². The topological polar surface area (TPSA) is 13.1 Å². The van der Waals surface area contributed by atoms with Gasteiger partial charge in [-0.05, 0) is 13.0 Å². The van der Waals surface area contributed by atoms with Crippen molar-refractivity contribution in [3.05, 3.63) is 36.1 Å². The van der Waals surface area contributed by atoms with Crippen LogP contribution in [0.25, 0.3) is 11.0 Å². The van der Waals surface area contributed by atoms with Gasteiger partial charge in [0.05, 0.1) is 0 Å². The van der Waals surface area contributed by atoms with Crippen molar-refractivity contribution in [2.24, 2.45) is 0 Å². The maximum absolute atomic E-state index is 5.31. The molecule has 1 aromatic carbocycles. The highest BCUT2D eigenvalue weighted by Crippen LogP contribution is 2.16. The molecule has 0 N–H and O–H groups in total. The lowest BCUT2D eigenvalue weighted by Crippen LogP contribution is -1.58. The molecule has 1 heteroatoms. The molecule has 1 aromatic heterocycles. The number of furan rings is 1. The first-order chi connectivity index (χ1) is 4.86. The third-order valence-corrected chi connectivity index (χ3v) is 1.47. The molecule has 2 aromatic rings. The van der Waals surface area contributed by atoms with Gasteiger partial charge >= 0.3 is 0 Å². The van der Waals surface area contributed by atoms with Gasteiger partial charge in [0.2, 0.25) is 0 Å². The molecule has 0 bridgehead atoms. The Morgan fingerprint density at radius 1 is 1.50 bits per heavy atom. The molecule has 0 saturated heterocycles. The molecule has 0 atom stereocenters. The van der Waals surface area contributed by atoms with Crippen molar-refractivity contribution in [1.29, 1.82) is 0 Å². The summed E-state index contributed by atoms with van der Waals surface area (Å²) in [5, 5.41) is 1.12. The zero-order valence-corrected chi connectivity index (χ0v) is 5.72. The Hall–Kier alpha value is -1.24. The third kappa shape index (κ3) is 0.711. The molecule has 0 unspecified atom stereocenters. The Morgan fingerprint density at radius 3 is 3.20 bits per heavy atom. The first kappa shape index (κ1) is 5.54. The molecule has 1 heterocycles. The quantitative estimate of drug-likeness (QED) is 0.535. The predicted molar refractivity (Wildman–Crippen MR) is 39.8 cm³/mol. The Balaban J connectivity index is 2.88. The summed E-state index contributed by atoms with van der Waals surface area (Å²) in [4.78, 5) is 0. The van der Waals surface area contributed by atoms with E-state index in [0.717, 1.165) is 16.7 Å². The second-order valence-corrected chi connectivity index (χ2v) is 2.31. The van der Waals surface area contributed by atoms with E-state index < -0.39 is 0 Å². The van der Waals surface area contributed by atoms with Crippen LogP contribution >= 0.6 is 0 Å². The molecule has 1 radical (unpaired) electrons. The maximum atomic E-state index is 5.31. The lowest BCUT2D eigenvalue weighted by Gasteiger charge is -1.81. The van der Waals surface area contributed by atoms with Gasteiger partial charge in [0.25, 0.3) is 0 Å². The molecule has 10 heavy (non-hydrogen) atoms. The van der Waals surface area contributed by atoms with Crippen molar-refractivity contribution in [2.45, 2.75) is 6.92 Å². The van der Waals surface area contributed by atoms with Crippen LogP contribution in [-0.4, -0.2) is 0 Å². The van der Waals surface area contributed by atoms with Gasteiger partial charge in [0.1, 0.15) is 11.3 Å². The Bertz CT molecular complexity index is 313. The zero-order chi connectivity index (χ0) is 6.97. The minimum atomic E-state index is 0.847. The second kappa shape index (κ2) is 1.87. The fourth-order valence-corrected chi connectivity index (χ4v) is 1.05. The first-order valence-electron chi connectivity index (χ1n) is 3.23. The number of para-hydroxylation sites is 1. The first-order valence-corrected chi connectivity index (χ1v) is 3.23. The normalized spacial score (nSPS) is 10.5. The predicted octanol–water partition coefficient (Wildman–Crippen LogP) is 2.54. The number of fused-ring (bicyclic) bond motifs is 1. The van der Waals surface area contributed by atoms with E-state index in [1.54, 1.807) is 0 Å². The lowest BCUT2D eigenvalue weighted by atomic mass is 10.2. The summed E-state index contributed by atoms with van der Waals surface area (Å²) in [6.45, 7) is 1.94. The maximum Gasteiger partial charge on any atom is 0.142 e. The van der Waals surface area contributed by atoms with E-state index in [0.29, 0.717) is 0 Å². The smallest absolute Gasteiger partial charge is 0.142 e. The van der Waals surface area contributed by atoms with Gasteiger partial charge in [-0.3, -0.25) is 0 Å². The fraction of sp³-hybridized carbons (Fsp3) is 0.111. The van der Waals surface area contributed by atoms with Gasteiger partial charge in [-0.2, -0.15) is 0 Å². The van der Waals surface area contributed by atoms with E-state index >= 15 is 0 Å². The molecule has 0 aliphatic heterocycles. The molecule has 0 amide bonds. The summed E-state index contributed by atoms with van der Waals surface area (Å²) >= 11 is 0. The fourth-order valence-electron chi connectivity index (χ4n) is 1.05. The van der Waals surface area contributed by atoms with E-state index in [2.05, 4.69) is 6.07 Å². The largest absolute Gasteiger partial charge is 0.461 e. The number of benzene rings is 1. The van der Waals surface area contributed by atoms with Crippen LogP contribution in [-0.2, 0) is 0 Å². The number of hydrogen-bond donors (Lipinski definition) is 0. The van der Waals surface area contributed by atoms with Crippen LogP contribution in [0, 0.1) is 13.0 Å². The monoisotopic (exact) mass is 131 g/mol. The van der Waals surface area contributed by atoms with Gasteiger partial charge in [0.15, 0.2) is 0 Å². The summed E-state index contributed by atoms with van der Waals surface area (Å²) in [6.07, 6.45) is 0. The summed E-state index contributed by atoms with van der Waals surface area (Å²) in [5.74, 6) is 0.942. The number of aryl methyl sites for hydroxylation is 1. The molecule has 0 fully saturated rings. The minimum absolute atomic E-state index is 0.847. The zero-order valence-electron chi connectivity index (χ0n) is 5.72. The number of rotatable bonds is 0. The highest BCUT2D eigenvalue weighted by Gasteiger charge is 1.95. The molecule has 0 aliphatic carbocycles.